The largest absolute Gasteiger partial charge is 0.491 e. The monoisotopic (exact) mass is 344 g/mol. The molecule has 0 bridgehead atoms. The van der Waals surface area contributed by atoms with Gasteiger partial charge in [-0.25, -0.2) is 4.39 Å². The summed E-state index contributed by atoms with van der Waals surface area (Å²) < 4.78 is 21.8. The van der Waals surface area contributed by atoms with Crippen LogP contribution in [0.2, 0.25) is 0 Å². The molecule has 3 aromatic rings. The molecule has 2 aromatic carbocycles. The molecule has 1 amide bonds. The Kier molecular flexibility index (Phi) is 4.49. The van der Waals surface area contributed by atoms with Crippen molar-refractivity contribution in [2.45, 2.75) is 20.0 Å². The number of carbonyl (C=O) groups is 1. The Morgan fingerprint density at radius 3 is 2.54 bits per heavy atom. The lowest BCUT2D eigenvalue weighted by Crippen LogP contribution is -2.13. The maximum absolute atomic E-state index is 13.9. The number of nitrogens with zero attached hydrogens (tertiary/aromatic N) is 2. The summed E-state index contributed by atoms with van der Waals surface area (Å²) in [4.78, 5) is 16.9. The van der Waals surface area contributed by atoms with Crippen molar-refractivity contribution in [2.75, 3.05) is 0 Å². The molecule has 0 saturated carbocycles. The highest BCUT2D eigenvalue weighted by atomic mass is 32.1. The van der Waals surface area contributed by atoms with Gasteiger partial charge < -0.3 is 9.30 Å². The van der Waals surface area contributed by atoms with Crippen LogP contribution in [0.25, 0.3) is 10.2 Å². The number of aryl methyl sites for hydroxylation is 1. The van der Waals surface area contributed by atoms with E-state index in [-0.39, 0.29) is 17.8 Å². The molecule has 0 saturated heterocycles. The van der Waals surface area contributed by atoms with Crippen LogP contribution in [-0.4, -0.2) is 16.6 Å². The van der Waals surface area contributed by atoms with Crippen LogP contribution < -0.4 is 9.54 Å². The second-order valence-corrected chi connectivity index (χ2v) is 6.65. The van der Waals surface area contributed by atoms with E-state index in [1.54, 1.807) is 41.9 Å². The first-order valence-electron chi connectivity index (χ1n) is 7.55. The zero-order valence-electron chi connectivity index (χ0n) is 13.6. The number of ether oxygens (including phenoxy) is 1. The Balaban J connectivity index is 1.95. The molecule has 24 heavy (non-hydrogen) atoms. The molecule has 0 aliphatic rings. The highest BCUT2D eigenvalue weighted by molar-refractivity contribution is 7.16. The second-order valence-electron chi connectivity index (χ2n) is 5.64. The molecular formula is C18H17FN2O2S. The van der Waals surface area contributed by atoms with E-state index < -0.39 is 0 Å². The van der Waals surface area contributed by atoms with Gasteiger partial charge in [0.15, 0.2) is 4.80 Å². The molecule has 1 heterocycles. The van der Waals surface area contributed by atoms with Crippen LogP contribution in [0.3, 0.4) is 0 Å². The second kappa shape index (κ2) is 6.57. The van der Waals surface area contributed by atoms with Crippen LogP contribution >= 0.6 is 11.3 Å². The first kappa shape index (κ1) is 16.4. The number of benzene rings is 2. The number of hydrogen-bond acceptors (Lipinski definition) is 3. The fourth-order valence-electron chi connectivity index (χ4n) is 2.36. The number of halogens is 1. The molecule has 0 unspecified atom stereocenters. The highest BCUT2D eigenvalue weighted by Crippen LogP contribution is 2.19. The van der Waals surface area contributed by atoms with E-state index in [9.17, 15) is 9.18 Å². The number of rotatable bonds is 3. The van der Waals surface area contributed by atoms with Gasteiger partial charge in [0, 0.05) is 12.6 Å². The van der Waals surface area contributed by atoms with E-state index in [1.165, 1.54) is 17.4 Å². The van der Waals surface area contributed by atoms with Crippen molar-refractivity contribution in [1.29, 1.82) is 0 Å². The Labute approximate surface area is 142 Å². The van der Waals surface area contributed by atoms with Crippen LogP contribution in [0.4, 0.5) is 4.39 Å². The number of amides is 1. The average Bonchev–Trinajstić information content (AvgIpc) is 2.85. The van der Waals surface area contributed by atoms with Crippen LogP contribution in [0.15, 0.2) is 47.5 Å². The van der Waals surface area contributed by atoms with Gasteiger partial charge in [-0.2, -0.15) is 4.99 Å². The standard InChI is InChI=1S/C18H17FN2O2S/c1-11(2)23-13-9-7-12(8-10-13)17(22)20-18-21(3)16-14(19)5-4-6-15(16)24-18/h4-11H,1-3H3. The van der Waals surface area contributed by atoms with Gasteiger partial charge in [0.05, 0.1) is 16.3 Å². The summed E-state index contributed by atoms with van der Waals surface area (Å²) in [5.74, 6) is 0.0139. The minimum atomic E-state index is -0.367. The summed E-state index contributed by atoms with van der Waals surface area (Å²) in [6.45, 7) is 3.88. The molecule has 0 radical (unpaired) electrons. The van der Waals surface area contributed by atoms with Crippen molar-refractivity contribution in [3.8, 4) is 5.75 Å². The molecule has 0 aliphatic heterocycles. The SMILES string of the molecule is CC(C)Oc1ccc(C(=O)N=c2sc3cccc(F)c3n2C)cc1. The zero-order chi connectivity index (χ0) is 17.3. The molecule has 4 nitrogen and oxygen atoms in total. The van der Waals surface area contributed by atoms with E-state index in [0.717, 1.165) is 4.70 Å². The first-order valence-corrected chi connectivity index (χ1v) is 8.37. The molecule has 6 heteroatoms. The topological polar surface area (TPSA) is 43.6 Å². The average molecular weight is 344 g/mol. The third kappa shape index (κ3) is 3.23. The fraction of sp³-hybridized carbons (Fsp3) is 0.222. The van der Waals surface area contributed by atoms with E-state index in [1.807, 2.05) is 19.9 Å². The molecule has 0 N–H and O–H groups in total. The van der Waals surface area contributed by atoms with E-state index >= 15 is 0 Å². The van der Waals surface area contributed by atoms with Gasteiger partial charge in [-0.15, -0.1) is 0 Å². The van der Waals surface area contributed by atoms with Crippen LogP contribution in [0, 0.1) is 5.82 Å². The first-order chi connectivity index (χ1) is 11.5. The summed E-state index contributed by atoms with van der Waals surface area (Å²) >= 11 is 1.28. The smallest absolute Gasteiger partial charge is 0.279 e. The Morgan fingerprint density at radius 1 is 1.21 bits per heavy atom. The summed E-state index contributed by atoms with van der Waals surface area (Å²) in [7, 11) is 1.70. The maximum atomic E-state index is 13.9. The Hall–Kier alpha value is -2.47. The van der Waals surface area contributed by atoms with E-state index in [2.05, 4.69) is 4.99 Å². The summed E-state index contributed by atoms with van der Waals surface area (Å²) in [5, 5.41) is 0. The third-order valence-corrected chi connectivity index (χ3v) is 4.54. The molecule has 0 spiro atoms. The molecule has 3 rings (SSSR count). The summed E-state index contributed by atoms with van der Waals surface area (Å²) in [6.07, 6.45) is 0.0729. The maximum Gasteiger partial charge on any atom is 0.279 e. The van der Waals surface area contributed by atoms with Crippen molar-refractivity contribution >= 4 is 27.5 Å². The highest BCUT2D eigenvalue weighted by Gasteiger charge is 2.10. The normalized spacial score (nSPS) is 12.1. The van der Waals surface area contributed by atoms with Gasteiger partial charge >= 0.3 is 0 Å². The number of aromatic nitrogens is 1. The van der Waals surface area contributed by atoms with Crippen molar-refractivity contribution in [1.82, 2.24) is 4.57 Å². The van der Waals surface area contributed by atoms with Gasteiger partial charge in [0.2, 0.25) is 0 Å². The molecule has 0 atom stereocenters. The van der Waals surface area contributed by atoms with Crippen molar-refractivity contribution in [2.24, 2.45) is 12.0 Å². The Morgan fingerprint density at radius 2 is 1.92 bits per heavy atom. The molecular weight excluding hydrogens is 327 g/mol. The number of hydrogen-bond donors (Lipinski definition) is 0. The van der Waals surface area contributed by atoms with Gasteiger partial charge in [-0.05, 0) is 50.2 Å². The van der Waals surface area contributed by atoms with Crippen molar-refractivity contribution < 1.29 is 13.9 Å². The van der Waals surface area contributed by atoms with Gasteiger partial charge in [-0.1, -0.05) is 17.4 Å². The minimum Gasteiger partial charge on any atom is -0.491 e. The van der Waals surface area contributed by atoms with E-state index in [4.69, 9.17) is 4.74 Å². The van der Waals surface area contributed by atoms with E-state index in [0.29, 0.717) is 21.6 Å². The number of fused-ring (bicyclic) bond motifs is 1. The molecule has 0 aliphatic carbocycles. The number of para-hydroxylation sites is 1. The number of carbonyl (C=O) groups excluding carboxylic acids is 1. The van der Waals surface area contributed by atoms with Crippen LogP contribution in [0.5, 0.6) is 5.75 Å². The predicted molar refractivity (Wildman–Crippen MR) is 92.9 cm³/mol. The lowest BCUT2D eigenvalue weighted by atomic mass is 10.2. The zero-order valence-corrected chi connectivity index (χ0v) is 14.4. The lowest BCUT2D eigenvalue weighted by molar-refractivity contribution is 0.0998. The quantitative estimate of drug-likeness (QED) is 0.723. The predicted octanol–water partition coefficient (Wildman–Crippen LogP) is 3.91. The molecule has 0 fully saturated rings. The third-order valence-electron chi connectivity index (χ3n) is 3.44. The van der Waals surface area contributed by atoms with Crippen molar-refractivity contribution in [3.63, 3.8) is 0 Å². The molecule has 124 valence electrons. The summed E-state index contributed by atoms with van der Waals surface area (Å²) in [6, 6.07) is 11.7. The fourth-order valence-corrected chi connectivity index (χ4v) is 3.39. The lowest BCUT2D eigenvalue weighted by Gasteiger charge is -2.09. The van der Waals surface area contributed by atoms with Gasteiger partial charge in [-0.3, -0.25) is 4.79 Å². The summed E-state index contributed by atoms with van der Waals surface area (Å²) in [5.41, 5.74) is 0.916. The van der Waals surface area contributed by atoms with Crippen molar-refractivity contribution in [3.05, 3.63) is 58.6 Å². The van der Waals surface area contributed by atoms with Crippen LogP contribution in [0.1, 0.15) is 24.2 Å². The van der Waals surface area contributed by atoms with Crippen LogP contribution in [-0.2, 0) is 7.05 Å². The minimum absolute atomic E-state index is 0.0729. The Bertz CT molecular complexity index is 955. The van der Waals surface area contributed by atoms with Gasteiger partial charge in [0.1, 0.15) is 11.6 Å². The molecule has 1 aromatic heterocycles. The van der Waals surface area contributed by atoms with Gasteiger partial charge in [0.25, 0.3) is 5.91 Å². The number of thiazole rings is 1.